The van der Waals surface area contributed by atoms with E-state index in [2.05, 4.69) is 205 Å². The first kappa shape index (κ1) is 39.7. The second-order valence-electron chi connectivity index (χ2n) is 16.9. The van der Waals surface area contributed by atoms with E-state index in [1.165, 1.54) is 55.3 Å². The van der Waals surface area contributed by atoms with E-state index in [9.17, 15) is 0 Å². The number of anilines is 3. The van der Waals surface area contributed by atoms with Crippen LogP contribution in [-0.4, -0.2) is 17.1 Å². The topological polar surface area (TPSA) is 38.2 Å². The lowest BCUT2D eigenvalue weighted by Crippen LogP contribution is -2.30. The van der Waals surface area contributed by atoms with E-state index in [0.29, 0.717) is 0 Å². The second kappa shape index (κ2) is 16.6. The molecular weight excluding hydrogens is 791 g/mol. The normalized spacial score (nSPS) is 13.6. The smallest absolute Gasteiger partial charge is 0.119 e. The number of ether oxygens (including phenoxy) is 1. The summed E-state index contributed by atoms with van der Waals surface area (Å²) in [5.41, 5.74) is 18.8. The minimum absolute atomic E-state index is 0.494. The number of nitrogens with zero attached hydrogens (tertiary/aromatic N) is 3. The molecule has 0 bridgehead atoms. The number of methoxy groups -OCH3 is 1. The van der Waals surface area contributed by atoms with Crippen LogP contribution >= 0.6 is 0 Å². The van der Waals surface area contributed by atoms with Gasteiger partial charge in [-0.2, -0.15) is 0 Å². The van der Waals surface area contributed by atoms with Crippen LogP contribution in [-0.2, 0) is 5.41 Å². The Hall–Kier alpha value is -8.08. The number of pyridine rings is 2. The first-order valence-corrected chi connectivity index (χ1v) is 22.3. The van der Waals surface area contributed by atoms with Gasteiger partial charge in [-0.25, -0.2) is 4.98 Å². The molecule has 2 aliphatic carbocycles. The Morgan fingerprint density at radius 3 is 2.00 bits per heavy atom. The third-order valence-corrected chi connectivity index (χ3v) is 13.3. The zero-order valence-corrected chi connectivity index (χ0v) is 36.6. The highest BCUT2D eigenvalue weighted by molar-refractivity contribution is 5.99. The molecule has 0 saturated carbocycles. The summed E-state index contributed by atoms with van der Waals surface area (Å²) in [6.07, 6.45) is 10.4. The molecule has 0 fully saturated rings. The van der Waals surface area contributed by atoms with Gasteiger partial charge in [0, 0.05) is 34.1 Å². The average Bonchev–Trinajstić information content (AvgIpc) is 3.68. The molecule has 11 rings (SSSR count). The lowest BCUT2D eigenvalue weighted by Gasteiger charge is -2.38. The summed E-state index contributed by atoms with van der Waals surface area (Å²) in [5.74, 6) is 0.827. The van der Waals surface area contributed by atoms with Crippen LogP contribution in [0.2, 0.25) is 0 Å². The van der Waals surface area contributed by atoms with E-state index in [1.54, 1.807) is 7.11 Å². The van der Waals surface area contributed by atoms with Gasteiger partial charge in [0.05, 0.1) is 35.3 Å². The maximum atomic E-state index is 5.58. The van der Waals surface area contributed by atoms with E-state index in [0.717, 1.165) is 69.4 Å². The van der Waals surface area contributed by atoms with Gasteiger partial charge in [-0.3, -0.25) is 4.98 Å². The summed E-state index contributed by atoms with van der Waals surface area (Å²) >= 11 is 0. The number of aryl methyl sites for hydroxylation is 1. The van der Waals surface area contributed by atoms with Gasteiger partial charge in [0.2, 0.25) is 0 Å². The van der Waals surface area contributed by atoms with Gasteiger partial charge in [-0.05, 0) is 130 Å². The van der Waals surface area contributed by atoms with Crippen LogP contribution in [0.1, 0.15) is 46.2 Å². The van der Waals surface area contributed by atoms with Gasteiger partial charge in [-0.1, -0.05) is 158 Å². The SMILES string of the molecule is C=Cc1ccc(-c2ccc(C3=CCCC(C4(c5ccc(N(c6ccc(OC)cc6)c6cccc7ccccc67)cc5)c5ccccc5-c5ccccc54)=C3)cc2)nc1-c1ncccc1C. The molecule has 2 heterocycles. The molecule has 0 atom stereocenters. The fourth-order valence-corrected chi connectivity index (χ4v) is 10.3. The van der Waals surface area contributed by atoms with E-state index in [4.69, 9.17) is 9.72 Å². The minimum Gasteiger partial charge on any atom is -0.497 e. The van der Waals surface area contributed by atoms with Crippen LogP contribution in [0.5, 0.6) is 5.75 Å². The third-order valence-electron chi connectivity index (χ3n) is 13.3. The van der Waals surface area contributed by atoms with E-state index < -0.39 is 5.41 Å². The van der Waals surface area contributed by atoms with Crippen LogP contribution in [0, 0.1) is 6.92 Å². The summed E-state index contributed by atoms with van der Waals surface area (Å²) in [5, 5.41) is 2.39. The van der Waals surface area contributed by atoms with Crippen LogP contribution in [0.4, 0.5) is 17.1 Å². The molecule has 0 spiro atoms. The van der Waals surface area contributed by atoms with Gasteiger partial charge in [0.1, 0.15) is 5.75 Å². The molecule has 9 aromatic rings. The van der Waals surface area contributed by atoms with Crippen molar-refractivity contribution in [3.8, 4) is 39.5 Å². The van der Waals surface area contributed by atoms with Crippen molar-refractivity contribution in [1.29, 1.82) is 0 Å². The third kappa shape index (κ3) is 6.77. The van der Waals surface area contributed by atoms with Crippen LogP contribution in [0.15, 0.2) is 219 Å². The fourth-order valence-electron chi connectivity index (χ4n) is 10.3. The number of fused-ring (bicyclic) bond motifs is 4. The van der Waals surface area contributed by atoms with Crippen molar-refractivity contribution in [3.05, 3.63) is 252 Å². The molecule has 0 unspecified atom stereocenters. The zero-order chi connectivity index (χ0) is 43.9. The molecule has 65 heavy (non-hydrogen) atoms. The quantitative estimate of drug-likeness (QED) is 0.138. The Balaban J connectivity index is 1.02. The molecule has 0 saturated heterocycles. The Bertz CT molecular complexity index is 3270. The highest BCUT2D eigenvalue weighted by Gasteiger charge is 2.47. The molecule has 2 aliphatic rings. The molecule has 0 aliphatic heterocycles. The number of rotatable bonds is 10. The summed E-state index contributed by atoms with van der Waals surface area (Å²) in [7, 11) is 1.71. The summed E-state index contributed by atoms with van der Waals surface area (Å²) in [4.78, 5) is 12.2. The molecule has 7 aromatic carbocycles. The Kier molecular flexibility index (Phi) is 10.1. The number of hydrogen-bond acceptors (Lipinski definition) is 4. The van der Waals surface area contributed by atoms with Crippen LogP contribution < -0.4 is 9.64 Å². The molecule has 4 heteroatoms. The molecule has 4 nitrogen and oxygen atoms in total. The van der Waals surface area contributed by atoms with Crippen LogP contribution in [0.25, 0.3) is 56.2 Å². The van der Waals surface area contributed by atoms with Gasteiger partial charge < -0.3 is 9.64 Å². The van der Waals surface area contributed by atoms with Gasteiger partial charge in [0.25, 0.3) is 0 Å². The maximum absolute atomic E-state index is 5.58. The largest absolute Gasteiger partial charge is 0.497 e. The molecule has 0 amide bonds. The van der Waals surface area contributed by atoms with E-state index in [1.807, 2.05) is 30.5 Å². The molecule has 0 N–H and O–H groups in total. The van der Waals surface area contributed by atoms with Gasteiger partial charge in [-0.15, -0.1) is 0 Å². The highest BCUT2D eigenvalue weighted by Crippen LogP contribution is 2.58. The van der Waals surface area contributed by atoms with Crippen molar-refractivity contribution in [2.24, 2.45) is 0 Å². The monoisotopic (exact) mass is 837 g/mol. The maximum Gasteiger partial charge on any atom is 0.119 e. The Morgan fingerprint density at radius 2 is 1.29 bits per heavy atom. The number of aromatic nitrogens is 2. The first-order valence-electron chi connectivity index (χ1n) is 22.3. The Morgan fingerprint density at radius 1 is 0.631 bits per heavy atom. The average molecular weight is 838 g/mol. The van der Waals surface area contributed by atoms with Crippen LogP contribution in [0.3, 0.4) is 0 Å². The van der Waals surface area contributed by atoms with E-state index in [-0.39, 0.29) is 0 Å². The number of hydrogen-bond donors (Lipinski definition) is 0. The van der Waals surface area contributed by atoms with Crippen molar-refractivity contribution in [2.75, 3.05) is 12.0 Å². The molecule has 0 radical (unpaired) electrons. The lowest BCUT2D eigenvalue weighted by molar-refractivity contribution is 0.415. The van der Waals surface area contributed by atoms with Crippen molar-refractivity contribution in [1.82, 2.24) is 9.97 Å². The molecular formula is C61H47N3O. The standard InChI is InChI=1S/C61H47N3O/c1-4-42-29-38-57(63-60(42)59-41(2)14-13-39-62-59)45-27-25-43(26-28-45)46-17-11-18-48(40-46)61(55-22-9-7-20-53(55)54-21-8-10-23-56(54)61)47-30-32-49(33-31-47)64(50-34-36-51(65-3)37-35-50)58-24-12-16-44-15-5-6-19-52(44)58/h4-10,12-17,19-40H,1,11,18H2,2-3H3. The second-order valence-corrected chi connectivity index (χ2v) is 16.9. The van der Waals surface area contributed by atoms with E-state index >= 15 is 0 Å². The van der Waals surface area contributed by atoms with Crippen molar-refractivity contribution >= 4 is 39.5 Å². The predicted octanol–water partition coefficient (Wildman–Crippen LogP) is 15.5. The lowest BCUT2D eigenvalue weighted by atomic mass is 9.64. The minimum atomic E-state index is -0.494. The number of benzene rings is 7. The zero-order valence-electron chi connectivity index (χ0n) is 36.6. The van der Waals surface area contributed by atoms with Gasteiger partial charge >= 0.3 is 0 Å². The molecule has 2 aromatic heterocycles. The summed E-state index contributed by atoms with van der Waals surface area (Å²) < 4.78 is 5.58. The first-order chi connectivity index (χ1) is 32.0. The molecule has 312 valence electrons. The van der Waals surface area contributed by atoms with Gasteiger partial charge in [0.15, 0.2) is 0 Å². The summed E-state index contributed by atoms with van der Waals surface area (Å²) in [6, 6.07) is 68.0. The number of allylic oxidation sites excluding steroid dienone is 4. The Labute approximate surface area is 381 Å². The fraction of sp³-hybridized carbons (Fsp3) is 0.0820. The predicted molar refractivity (Wildman–Crippen MR) is 270 cm³/mol. The van der Waals surface area contributed by atoms with Crippen molar-refractivity contribution < 1.29 is 4.74 Å². The van der Waals surface area contributed by atoms with Crippen molar-refractivity contribution in [3.63, 3.8) is 0 Å². The highest BCUT2D eigenvalue weighted by atomic mass is 16.5. The summed E-state index contributed by atoms with van der Waals surface area (Å²) in [6.45, 7) is 6.13. The van der Waals surface area contributed by atoms with Crippen molar-refractivity contribution in [2.45, 2.75) is 25.2 Å².